The SMILES string of the molecule is C=C(C(=C)/C(=C(Br)\C=N/N)N1CCCCC1)C(N)=CC=N. The molecule has 0 aromatic carbocycles. The van der Waals surface area contributed by atoms with Crippen molar-refractivity contribution in [2.45, 2.75) is 19.3 Å². The van der Waals surface area contributed by atoms with E-state index in [1.54, 1.807) is 6.21 Å². The summed E-state index contributed by atoms with van der Waals surface area (Å²) in [5, 5.41) is 10.7. The molecule has 0 radical (unpaired) electrons. The van der Waals surface area contributed by atoms with Gasteiger partial charge in [0.2, 0.25) is 0 Å². The average Bonchev–Trinajstić information content (AvgIpc) is 2.48. The summed E-state index contributed by atoms with van der Waals surface area (Å²) in [5.74, 6) is 5.25. The fourth-order valence-corrected chi connectivity index (χ4v) is 2.85. The van der Waals surface area contributed by atoms with Gasteiger partial charge in [0.05, 0.1) is 16.4 Å². The highest BCUT2D eigenvalue weighted by molar-refractivity contribution is 9.12. The van der Waals surface area contributed by atoms with Crippen LogP contribution in [0.3, 0.4) is 0 Å². The van der Waals surface area contributed by atoms with Crippen molar-refractivity contribution in [1.29, 1.82) is 5.41 Å². The van der Waals surface area contributed by atoms with Crippen LogP contribution in [0.15, 0.2) is 51.4 Å². The molecule has 0 spiro atoms. The lowest BCUT2D eigenvalue weighted by Crippen LogP contribution is -2.31. The monoisotopic (exact) mass is 351 g/mol. The van der Waals surface area contributed by atoms with Gasteiger partial charge in [-0.2, -0.15) is 5.10 Å². The van der Waals surface area contributed by atoms with Crippen molar-refractivity contribution in [3.8, 4) is 0 Å². The van der Waals surface area contributed by atoms with Crippen molar-refractivity contribution < 1.29 is 0 Å². The highest BCUT2D eigenvalue weighted by Crippen LogP contribution is 2.30. The number of piperidine rings is 1. The molecule has 0 unspecified atom stereocenters. The minimum atomic E-state index is 0.425. The fraction of sp³-hybridized carbons (Fsp3) is 0.333. The summed E-state index contributed by atoms with van der Waals surface area (Å²) >= 11 is 3.50. The largest absolute Gasteiger partial charge is 0.398 e. The Labute approximate surface area is 134 Å². The summed E-state index contributed by atoms with van der Waals surface area (Å²) in [6.45, 7) is 9.98. The first-order valence-corrected chi connectivity index (χ1v) is 7.55. The van der Waals surface area contributed by atoms with Gasteiger partial charge in [-0.15, -0.1) is 0 Å². The number of rotatable bonds is 6. The molecule has 1 fully saturated rings. The summed E-state index contributed by atoms with van der Waals surface area (Å²) < 4.78 is 0.751. The first-order chi connectivity index (χ1) is 10.0. The van der Waals surface area contributed by atoms with Crippen molar-refractivity contribution in [3.05, 3.63) is 46.3 Å². The van der Waals surface area contributed by atoms with E-state index >= 15 is 0 Å². The molecule has 5 N–H and O–H groups in total. The number of hydrazone groups is 1. The van der Waals surface area contributed by atoms with Gasteiger partial charge in [0, 0.05) is 30.6 Å². The lowest BCUT2D eigenvalue weighted by Gasteiger charge is -2.33. The van der Waals surface area contributed by atoms with Gasteiger partial charge in [-0.25, -0.2) is 0 Å². The summed E-state index contributed by atoms with van der Waals surface area (Å²) in [6, 6.07) is 0. The highest BCUT2D eigenvalue weighted by atomic mass is 79.9. The third-order valence-corrected chi connectivity index (χ3v) is 3.93. The van der Waals surface area contributed by atoms with Gasteiger partial charge in [0.15, 0.2) is 0 Å². The summed E-state index contributed by atoms with van der Waals surface area (Å²) in [7, 11) is 0. The van der Waals surface area contributed by atoms with Crippen molar-refractivity contribution in [3.63, 3.8) is 0 Å². The highest BCUT2D eigenvalue weighted by Gasteiger charge is 2.20. The maximum absolute atomic E-state index is 7.10. The topological polar surface area (TPSA) is 91.5 Å². The Bertz CT molecular complexity index is 510. The van der Waals surface area contributed by atoms with Crippen LogP contribution in [0.4, 0.5) is 0 Å². The van der Waals surface area contributed by atoms with E-state index in [2.05, 4.69) is 39.1 Å². The average molecular weight is 352 g/mol. The van der Waals surface area contributed by atoms with Crippen LogP contribution in [0.2, 0.25) is 0 Å². The predicted octanol–water partition coefficient (Wildman–Crippen LogP) is 2.63. The third-order valence-electron chi connectivity index (χ3n) is 3.35. The number of nitrogens with one attached hydrogen (secondary N) is 1. The molecule has 0 bridgehead atoms. The summed E-state index contributed by atoms with van der Waals surface area (Å²) in [6.07, 6.45) is 7.67. The molecule has 1 aliphatic heterocycles. The van der Waals surface area contributed by atoms with Gasteiger partial charge in [0.1, 0.15) is 0 Å². The van der Waals surface area contributed by atoms with Crippen LogP contribution in [0, 0.1) is 5.41 Å². The lowest BCUT2D eigenvalue weighted by molar-refractivity contribution is 0.291. The van der Waals surface area contributed by atoms with Crippen molar-refractivity contribution in [1.82, 2.24) is 4.90 Å². The molecule has 114 valence electrons. The normalized spacial score (nSPS) is 17.6. The predicted molar refractivity (Wildman–Crippen MR) is 93.4 cm³/mol. The van der Waals surface area contributed by atoms with Crippen LogP contribution in [-0.4, -0.2) is 30.4 Å². The standard InChI is InChI=1S/C15H22BrN5/c1-11(14(18)6-7-17)12(2)15(13(16)10-20-19)21-8-4-3-5-9-21/h6-7,10,17H,1-5,8-9,18-19H2/b14-6?,15-13-,17-7?,20-10-. The minimum absolute atomic E-state index is 0.425. The number of hydrogen-bond acceptors (Lipinski definition) is 5. The molecule has 1 aliphatic rings. The minimum Gasteiger partial charge on any atom is -0.398 e. The Hall–Kier alpha value is -1.82. The summed E-state index contributed by atoms with van der Waals surface area (Å²) in [5.41, 5.74) is 8.53. The van der Waals surface area contributed by atoms with E-state index in [0.717, 1.165) is 42.3 Å². The van der Waals surface area contributed by atoms with E-state index in [-0.39, 0.29) is 0 Å². The van der Waals surface area contributed by atoms with Gasteiger partial charge < -0.3 is 21.9 Å². The smallest absolute Gasteiger partial charge is 0.0629 e. The van der Waals surface area contributed by atoms with Crippen LogP contribution in [0.1, 0.15) is 19.3 Å². The first-order valence-electron chi connectivity index (χ1n) is 6.76. The van der Waals surface area contributed by atoms with Crippen LogP contribution in [0.5, 0.6) is 0 Å². The zero-order chi connectivity index (χ0) is 15.8. The molecule has 5 nitrogen and oxygen atoms in total. The Morgan fingerprint density at radius 2 is 1.81 bits per heavy atom. The molecule has 21 heavy (non-hydrogen) atoms. The Balaban J connectivity index is 3.15. The second kappa shape index (κ2) is 8.46. The van der Waals surface area contributed by atoms with E-state index in [1.165, 1.54) is 12.5 Å². The second-order valence-electron chi connectivity index (χ2n) is 4.77. The van der Waals surface area contributed by atoms with E-state index in [1.807, 2.05) is 0 Å². The second-order valence-corrected chi connectivity index (χ2v) is 5.62. The van der Waals surface area contributed by atoms with Gasteiger partial charge in [0.25, 0.3) is 0 Å². The number of halogens is 1. The van der Waals surface area contributed by atoms with Gasteiger partial charge in [-0.3, -0.25) is 0 Å². The maximum atomic E-state index is 7.10. The number of allylic oxidation sites excluding steroid dienone is 4. The van der Waals surface area contributed by atoms with Gasteiger partial charge >= 0.3 is 0 Å². The molecule has 0 atom stereocenters. The molecular weight excluding hydrogens is 330 g/mol. The molecule has 1 heterocycles. The molecule has 0 aliphatic carbocycles. The molecule has 1 saturated heterocycles. The fourth-order valence-electron chi connectivity index (χ4n) is 2.24. The zero-order valence-electron chi connectivity index (χ0n) is 12.1. The molecule has 6 heteroatoms. The van der Waals surface area contributed by atoms with E-state index in [0.29, 0.717) is 16.8 Å². The molecular formula is C15H22BrN5. The quantitative estimate of drug-likeness (QED) is 0.297. The number of nitrogens with zero attached hydrogens (tertiary/aromatic N) is 2. The van der Waals surface area contributed by atoms with E-state index in [4.69, 9.17) is 17.0 Å². The van der Waals surface area contributed by atoms with Gasteiger partial charge in [-0.05, 0) is 46.8 Å². The van der Waals surface area contributed by atoms with Crippen LogP contribution in [-0.2, 0) is 0 Å². The van der Waals surface area contributed by atoms with Gasteiger partial charge in [-0.1, -0.05) is 13.2 Å². The number of nitrogens with two attached hydrogens (primary N) is 2. The van der Waals surface area contributed by atoms with Crippen molar-refractivity contribution in [2.75, 3.05) is 13.1 Å². The first kappa shape index (κ1) is 17.2. The Morgan fingerprint density at radius 1 is 1.19 bits per heavy atom. The van der Waals surface area contributed by atoms with Crippen LogP contribution < -0.4 is 11.6 Å². The lowest BCUT2D eigenvalue weighted by atomic mass is 10.00. The maximum Gasteiger partial charge on any atom is 0.0629 e. The molecule has 0 aromatic rings. The van der Waals surface area contributed by atoms with Crippen molar-refractivity contribution >= 4 is 28.4 Å². The van der Waals surface area contributed by atoms with Crippen molar-refractivity contribution in [2.24, 2.45) is 16.7 Å². The third kappa shape index (κ3) is 4.60. The van der Waals surface area contributed by atoms with E-state index in [9.17, 15) is 0 Å². The Morgan fingerprint density at radius 3 is 2.33 bits per heavy atom. The molecule has 0 saturated carbocycles. The number of hydrogen-bond donors (Lipinski definition) is 3. The van der Waals surface area contributed by atoms with E-state index < -0.39 is 0 Å². The molecule has 0 aromatic heterocycles. The molecule has 0 amide bonds. The zero-order valence-corrected chi connectivity index (χ0v) is 13.7. The van der Waals surface area contributed by atoms with Crippen LogP contribution >= 0.6 is 15.9 Å². The molecule has 1 rings (SSSR count). The summed E-state index contributed by atoms with van der Waals surface area (Å²) in [4.78, 5) is 2.24. The van der Waals surface area contributed by atoms with Crippen LogP contribution in [0.25, 0.3) is 0 Å². The Kier molecular flexibility index (Phi) is 6.94. The number of likely N-dealkylation sites (tertiary alicyclic amines) is 1.